The molecular formula is C22H24F3N7. The van der Waals surface area contributed by atoms with Gasteiger partial charge in [-0.3, -0.25) is 9.98 Å². The zero-order valence-electron chi connectivity index (χ0n) is 17.8. The minimum atomic E-state index is -2.40. The van der Waals surface area contributed by atoms with Gasteiger partial charge in [-0.2, -0.15) is 0 Å². The van der Waals surface area contributed by atoms with E-state index in [4.69, 9.17) is 4.98 Å². The molecule has 1 saturated heterocycles. The van der Waals surface area contributed by atoms with Crippen LogP contribution in [0.5, 0.6) is 0 Å². The van der Waals surface area contributed by atoms with Gasteiger partial charge in [0.2, 0.25) is 12.4 Å². The second kappa shape index (κ2) is 8.16. The Balaban J connectivity index is 1.45. The maximum atomic E-state index is 14.1. The number of aromatic nitrogens is 4. The molecular weight excluding hydrogens is 419 g/mol. The summed E-state index contributed by atoms with van der Waals surface area (Å²) in [5.74, 6) is -0.00983. The molecule has 0 aliphatic carbocycles. The number of likely N-dealkylation sites (tertiary alicyclic amines) is 1. The number of anilines is 1. The van der Waals surface area contributed by atoms with Gasteiger partial charge >= 0.3 is 0 Å². The van der Waals surface area contributed by atoms with Gasteiger partial charge < -0.3 is 10.2 Å². The number of pyridine rings is 1. The fourth-order valence-corrected chi connectivity index (χ4v) is 4.56. The van der Waals surface area contributed by atoms with Gasteiger partial charge in [0.1, 0.15) is 6.17 Å². The Bertz CT molecular complexity index is 1180. The predicted molar refractivity (Wildman–Crippen MR) is 117 cm³/mol. The third-order valence-corrected chi connectivity index (χ3v) is 6.04. The molecule has 10 heteroatoms. The van der Waals surface area contributed by atoms with Crippen molar-refractivity contribution in [3.63, 3.8) is 0 Å². The quantitative estimate of drug-likeness (QED) is 0.643. The molecule has 3 atom stereocenters. The van der Waals surface area contributed by atoms with E-state index in [2.05, 4.69) is 20.4 Å². The van der Waals surface area contributed by atoms with Crippen LogP contribution < -0.4 is 5.32 Å². The molecule has 1 fully saturated rings. The van der Waals surface area contributed by atoms with Crippen molar-refractivity contribution >= 4 is 22.9 Å². The summed E-state index contributed by atoms with van der Waals surface area (Å²) in [5.41, 5.74) is 4.27. The van der Waals surface area contributed by atoms with Gasteiger partial charge in [0.25, 0.3) is 0 Å². The molecule has 0 saturated carbocycles. The van der Waals surface area contributed by atoms with Crippen LogP contribution in [-0.4, -0.2) is 69.0 Å². The Morgan fingerprint density at radius 2 is 2.06 bits per heavy atom. The van der Waals surface area contributed by atoms with Gasteiger partial charge in [-0.05, 0) is 38.6 Å². The first kappa shape index (κ1) is 20.9. The van der Waals surface area contributed by atoms with Crippen molar-refractivity contribution in [2.45, 2.75) is 44.3 Å². The van der Waals surface area contributed by atoms with Crippen molar-refractivity contribution in [1.29, 1.82) is 0 Å². The summed E-state index contributed by atoms with van der Waals surface area (Å²) in [5, 5.41) is 7.53. The number of fused-ring (bicyclic) bond motifs is 2. The van der Waals surface area contributed by atoms with Crippen molar-refractivity contribution in [1.82, 2.24) is 24.5 Å². The van der Waals surface area contributed by atoms with Crippen LogP contribution in [0.4, 0.5) is 24.8 Å². The van der Waals surface area contributed by atoms with Crippen LogP contribution in [0.2, 0.25) is 0 Å². The molecule has 5 rings (SSSR count). The summed E-state index contributed by atoms with van der Waals surface area (Å²) < 4.78 is 42.0. The maximum Gasteiger partial charge on any atom is 0.241 e. The molecule has 0 bridgehead atoms. The van der Waals surface area contributed by atoms with E-state index in [0.29, 0.717) is 42.5 Å². The second-order valence-electron chi connectivity index (χ2n) is 8.60. The molecule has 0 spiro atoms. The minimum Gasteiger partial charge on any atom is -0.346 e. The molecule has 2 aliphatic heterocycles. The molecule has 32 heavy (non-hydrogen) atoms. The van der Waals surface area contributed by atoms with Crippen molar-refractivity contribution < 1.29 is 13.2 Å². The highest BCUT2D eigenvalue weighted by Crippen LogP contribution is 2.38. The number of halogens is 3. The van der Waals surface area contributed by atoms with Crippen LogP contribution in [0.15, 0.2) is 35.6 Å². The van der Waals surface area contributed by atoms with Gasteiger partial charge in [0, 0.05) is 42.9 Å². The number of aliphatic imine (C=N–C) groups is 1. The van der Waals surface area contributed by atoms with E-state index < -0.39 is 12.6 Å². The van der Waals surface area contributed by atoms with Crippen LogP contribution in [-0.2, 0) is 0 Å². The molecule has 2 aliphatic rings. The fraction of sp³-hybridized carbons (Fsp3) is 0.455. The average Bonchev–Trinajstić information content (AvgIpc) is 3.29. The number of hydrogen-bond donors (Lipinski definition) is 1. The zero-order valence-corrected chi connectivity index (χ0v) is 17.8. The lowest BCUT2D eigenvalue weighted by molar-refractivity contribution is 0.128. The van der Waals surface area contributed by atoms with E-state index in [-0.39, 0.29) is 18.4 Å². The Kier molecular flexibility index (Phi) is 5.32. The van der Waals surface area contributed by atoms with E-state index in [1.165, 1.54) is 0 Å². The van der Waals surface area contributed by atoms with E-state index in [1.807, 2.05) is 37.1 Å². The minimum absolute atomic E-state index is 0.239. The summed E-state index contributed by atoms with van der Waals surface area (Å²) in [4.78, 5) is 15.5. The van der Waals surface area contributed by atoms with Crippen LogP contribution in [0.1, 0.15) is 31.4 Å². The van der Waals surface area contributed by atoms with Gasteiger partial charge in [0.15, 0.2) is 0 Å². The fourth-order valence-electron chi connectivity index (χ4n) is 4.56. The molecule has 0 aromatic carbocycles. The lowest BCUT2D eigenvalue weighted by atomic mass is 9.91. The standard InChI is InChI=1S/C22H24F3N7/c1-12-7-13(8-20(24)25)21-17(27-12)4-3-16(28-21)14-5-6-32-19(14)9-26-22(30-32)29-18-11-31(2)10-15(18)23/h3-6,9,13,15,18,20H,7-8,10-11H2,1-2H3,(H,29,30)/t13?,15-,18+/m0/s1. The first-order chi connectivity index (χ1) is 15.4. The van der Waals surface area contributed by atoms with Gasteiger partial charge in [-0.25, -0.2) is 22.7 Å². The van der Waals surface area contributed by atoms with E-state index in [9.17, 15) is 13.2 Å². The Morgan fingerprint density at radius 1 is 1.22 bits per heavy atom. The second-order valence-corrected chi connectivity index (χ2v) is 8.60. The Labute approximate surface area is 183 Å². The molecule has 0 radical (unpaired) electrons. The maximum absolute atomic E-state index is 14.1. The summed E-state index contributed by atoms with van der Waals surface area (Å²) in [6.07, 6.45) is 0.307. The summed E-state index contributed by atoms with van der Waals surface area (Å²) in [6, 6.07) is 5.18. The van der Waals surface area contributed by atoms with Gasteiger partial charge in [-0.15, -0.1) is 5.10 Å². The predicted octanol–water partition coefficient (Wildman–Crippen LogP) is 4.09. The highest BCUT2D eigenvalue weighted by molar-refractivity contribution is 5.88. The highest BCUT2D eigenvalue weighted by Gasteiger charge is 2.31. The van der Waals surface area contributed by atoms with Crippen molar-refractivity contribution in [3.8, 4) is 11.3 Å². The van der Waals surface area contributed by atoms with Crippen molar-refractivity contribution in [2.24, 2.45) is 4.99 Å². The zero-order chi connectivity index (χ0) is 22.4. The lowest BCUT2D eigenvalue weighted by Crippen LogP contribution is -2.30. The monoisotopic (exact) mass is 443 g/mol. The third kappa shape index (κ3) is 3.94. The normalized spacial score (nSPS) is 23.6. The molecule has 5 heterocycles. The molecule has 168 valence electrons. The van der Waals surface area contributed by atoms with Crippen molar-refractivity contribution in [3.05, 3.63) is 36.3 Å². The van der Waals surface area contributed by atoms with E-state index in [1.54, 1.807) is 16.9 Å². The number of hydrogen-bond acceptors (Lipinski definition) is 6. The molecule has 7 nitrogen and oxygen atoms in total. The van der Waals surface area contributed by atoms with Crippen LogP contribution in [0.3, 0.4) is 0 Å². The number of likely N-dealkylation sites (N-methyl/N-ethyl adjacent to an activating group) is 1. The lowest BCUT2D eigenvalue weighted by Gasteiger charge is -2.23. The van der Waals surface area contributed by atoms with E-state index >= 15 is 0 Å². The molecule has 1 unspecified atom stereocenters. The van der Waals surface area contributed by atoms with E-state index in [0.717, 1.165) is 16.8 Å². The summed E-state index contributed by atoms with van der Waals surface area (Å²) in [7, 11) is 1.88. The molecule has 3 aromatic heterocycles. The average molecular weight is 443 g/mol. The molecule has 3 aromatic rings. The summed E-state index contributed by atoms with van der Waals surface area (Å²) in [6.45, 7) is 2.82. The largest absolute Gasteiger partial charge is 0.346 e. The third-order valence-electron chi connectivity index (χ3n) is 6.04. The molecule has 0 amide bonds. The van der Waals surface area contributed by atoms with Gasteiger partial charge in [-0.1, -0.05) is 0 Å². The van der Waals surface area contributed by atoms with Gasteiger partial charge in [0.05, 0.1) is 34.8 Å². The number of rotatable bonds is 5. The Hall–Kier alpha value is -3.01. The number of alkyl halides is 3. The van der Waals surface area contributed by atoms with Crippen LogP contribution in [0.25, 0.3) is 16.8 Å². The topological polar surface area (TPSA) is 70.7 Å². The van der Waals surface area contributed by atoms with Crippen LogP contribution in [0, 0.1) is 0 Å². The summed E-state index contributed by atoms with van der Waals surface area (Å²) >= 11 is 0. The SMILES string of the molecule is CC1=Nc2ccc(-c3ccn4nc(N[C@@H]5CN(C)C[C@@H]5F)ncc34)nc2C(CC(F)F)C1. The smallest absolute Gasteiger partial charge is 0.241 e. The first-order valence-electron chi connectivity index (χ1n) is 10.6. The number of nitrogens with one attached hydrogen (secondary N) is 1. The Morgan fingerprint density at radius 3 is 2.81 bits per heavy atom. The molecule has 1 N–H and O–H groups in total. The first-order valence-corrected chi connectivity index (χ1v) is 10.6. The highest BCUT2D eigenvalue weighted by atomic mass is 19.3. The van der Waals surface area contributed by atoms with Crippen LogP contribution >= 0.6 is 0 Å². The van der Waals surface area contributed by atoms with Crippen molar-refractivity contribution in [2.75, 3.05) is 25.5 Å². The number of nitrogens with zero attached hydrogens (tertiary/aromatic N) is 6.